The molecule has 0 saturated heterocycles. The van der Waals surface area contributed by atoms with E-state index in [0.717, 1.165) is 56.5 Å². The quantitative estimate of drug-likeness (QED) is 0.0796. The Morgan fingerprint density at radius 2 is 1.62 bits per heavy atom. The van der Waals surface area contributed by atoms with Crippen molar-refractivity contribution in [3.8, 4) is 11.1 Å². The third kappa shape index (κ3) is 7.29. The molecule has 74 heavy (non-hydrogen) atoms. The van der Waals surface area contributed by atoms with Gasteiger partial charge in [0.05, 0.1) is 22.8 Å². The predicted molar refractivity (Wildman–Crippen MR) is 316 cm³/mol. The molecular weight excluding hydrogens is 897 g/mol. The van der Waals surface area contributed by atoms with Crippen molar-refractivity contribution in [1.82, 2.24) is 9.88 Å². The topological polar surface area (TPSA) is 32.6 Å². The smallest absolute Gasteiger partial charge is 0.118 e. The van der Waals surface area contributed by atoms with E-state index in [0.29, 0.717) is 0 Å². The van der Waals surface area contributed by atoms with Gasteiger partial charge in [-0.15, -0.1) is 6.58 Å². The van der Waals surface area contributed by atoms with Gasteiger partial charge in [-0.3, -0.25) is 4.57 Å². The van der Waals surface area contributed by atoms with Gasteiger partial charge in [0, 0.05) is 71.2 Å². The molecule has 2 heterocycles. The van der Waals surface area contributed by atoms with Gasteiger partial charge in [0.1, 0.15) is 5.84 Å². The molecule has 0 amide bonds. The summed E-state index contributed by atoms with van der Waals surface area (Å²) in [5.41, 5.74) is 23.3. The van der Waals surface area contributed by atoms with E-state index in [1.807, 2.05) is 0 Å². The van der Waals surface area contributed by atoms with E-state index in [4.69, 9.17) is 4.99 Å². The first-order chi connectivity index (χ1) is 36.5. The fraction of sp³-hybridized carbons (Fsp3) is 0.186. The summed E-state index contributed by atoms with van der Waals surface area (Å²) < 4.78 is 2.59. The number of anilines is 2. The maximum Gasteiger partial charge on any atom is 0.118 e. The maximum absolute atomic E-state index is 5.98. The molecule has 0 radical (unpaired) electrons. The highest BCUT2D eigenvalue weighted by Gasteiger charge is 2.36. The zero-order chi connectivity index (χ0) is 50.0. The molecule has 2 atom stereocenters. The molecule has 0 bridgehead atoms. The molecule has 4 aliphatic carbocycles. The Balaban J connectivity index is 1.01. The van der Waals surface area contributed by atoms with Crippen molar-refractivity contribution in [1.29, 1.82) is 0 Å². The van der Waals surface area contributed by atoms with Crippen molar-refractivity contribution in [2.24, 2.45) is 10.9 Å². The number of hydrogen-bond donors (Lipinski definition) is 1. The fourth-order valence-corrected chi connectivity index (χ4v) is 13.3. The molecule has 7 aromatic carbocycles. The lowest BCUT2D eigenvalue weighted by Crippen LogP contribution is -2.27. The summed E-state index contributed by atoms with van der Waals surface area (Å²) in [6.45, 7) is 10.9. The summed E-state index contributed by atoms with van der Waals surface area (Å²) in [5, 5.41) is 11.3. The van der Waals surface area contributed by atoms with Gasteiger partial charge in [-0.2, -0.15) is 0 Å². The van der Waals surface area contributed by atoms with Crippen molar-refractivity contribution in [3.05, 3.63) is 251 Å². The average molecular weight is 959 g/mol. The highest BCUT2D eigenvalue weighted by Crippen LogP contribution is 2.53. The number of hydrogen-bond acceptors (Lipinski definition) is 3. The van der Waals surface area contributed by atoms with Crippen molar-refractivity contribution < 1.29 is 0 Å². The molecule has 2 unspecified atom stereocenters. The van der Waals surface area contributed by atoms with E-state index in [9.17, 15) is 0 Å². The summed E-state index contributed by atoms with van der Waals surface area (Å²) in [4.78, 5) is 8.51. The monoisotopic (exact) mass is 958 g/mol. The van der Waals surface area contributed by atoms with E-state index in [-0.39, 0.29) is 12.0 Å². The van der Waals surface area contributed by atoms with E-state index in [1.165, 1.54) is 127 Å². The second-order valence-electron chi connectivity index (χ2n) is 20.7. The number of allylic oxidation sites excluding steroid dienone is 12. The zero-order valence-corrected chi connectivity index (χ0v) is 43.1. The van der Waals surface area contributed by atoms with Crippen molar-refractivity contribution in [3.63, 3.8) is 0 Å². The van der Waals surface area contributed by atoms with Crippen LogP contribution in [0.4, 0.5) is 11.4 Å². The molecule has 4 heteroatoms. The molecule has 13 rings (SSSR count). The van der Waals surface area contributed by atoms with Crippen LogP contribution >= 0.6 is 0 Å². The lowest BCUT2D eigenvalue weighted by atomic mass is 9.84. The molecule has 5 aliphatic rings. The number of aromatic nitrogens is 1. The van der Waals surface area contributed by atoms with Crippen LogP contribution in [0.3, 0.4) is 0 Å². The van der Waals surface area contributed by atoms with Gasteiger partial charge in [0.25, 0.3) is 0 Å². The Hall–Kier alpha value is -8.21. The van der Waals surface area contributed by atoms with Crippen LogP contribution < -0.4 is 10.2 Å². The van der Waals surface area contributed by atoms with E-state index < -0.39 is 0 Å². The number of nitrogens with zero attached hydrogens (tertiary/aromatic N) is 3. The third-order valence-electron chi connectivity index (χ3n) is 16.6. The van der Waals surface area contributed by atoms with Crippen LogP contribution in [0.15, 0.2) is 233 Å². The van der Waals surface area contributed by atoms with Gasteiger partial charge in [-0.1, -0.05) is 163 Å². The Morgan fingerprint density at radius 1 is 0.824 bits per heavy atom. The van der Waals surface area contributed by atoms with Crippen molar-refractivity contribution in [2.45, 2.75) is 71.8 Å². The Labute approximate surface area is 435 Å². The van der Waals surface area contributed by atoms with Crippen LogP contribution in [0.25, 0.3) is 65.6 Å². The minimum absolute atomic E-state index is 0.223. The molecule has 1 aromatic heterocycles. The first kappa shape index (κ1) is 45.6. The normalized spacial score (nSPS) is 17.9. The first-order valence-corrected chi connectivity index (χ1v) is 26.8. The Kier molecular flexibility index (Phi) is 11.5. The number of para-hydroxylation sites is 3. The fourth-order valence-electron chi connectivity index (χ4n) is 13.3. The van der Waals surface area contributed by atoms with Crippen molar-refractivity contribution >= 4 is 71.7 Å². The minimum Gasteiger partial charge on any atom is -0.389 e. The second-order valence-corrected chi connectivity index (χ2v) is 20.7. The average Bonchev–Trinajstić information content (AvgIpc) is 4.19. The van der Waals surface area contributed by atoms with Crippen molar-refractivity contribution in [2.75, 3.05) is 11.9 Å². The third-order valence-corrected chi connectivity index (χ3v) is 16.6. The zero-order valence-electron chi connectivity index (χ0n) is 43.1. The molecule has 0 saturated carbocycles. The summed E-state index contributed by atoms with van der Waals surface area (Å²) >= 11 is 0. The molecule has 8 aromatic rings. The van der Waals surface area contributed by atoms with Gasteiger partial charge < -0.3 is 10.2 Å². The molecule has 1 aliphatic heterocycles. The SMILES string of the molecule is C=CC(C/C=C\C)C1=C(CC(=NC2=C(NC)CC(C)=C2/C=C\C)n2c3ccccc3c3c4ccccc4c4c(c32)Cc2ccc3cc(C5=CCC6C(=C5)c5ccccc5N6c5ccccc5)ccc3c2-4)CCC=C1. The lowest BCUT2D eigenvalue weighted by Gasteiger charge is -2.29. The molecule has 362 valence electrons. The van der Waals surface area contributed by atoms with E-state index in [1.54, 1.807) is 0 Å². The van der Waals surface area contributed by atoms with Crippen LogP contribution in [0.2, 0.25) is 0 Å². The molecular formula is C70H62N4. The van der Waals surface area contributed by atoms with Gasteiger partial charge in [0.2, 0.25) is 0 Å². The number of benzene rings is 7. The van der Waals surface area contributed by atoms with E-state index in [2.05, 4.69) is 237 Å². The Bertz CT molecular complexity index is 3960. The van der Waals surface area contributed by atoms with Gasteiger partial charge in [-0.25, -0.2) is 4.99 Å². The maximum atomic E-state index is 5.98. The second kappa shape index (κ2) is 18.7. The van der Waals surface area contributed by atoms with Crippen LogP contribution in [-0.4, -0.2) is 23.5 Å². The molecule has 0 spiro atoms. The number of nitrogens with one attached hydrogen (secondary N) is 1. The largest absolute Gasteiger partial charge is 0.389 e. The predicted octanol–water partition coefficient (Wildman–Crippen LogP) is 17.8. The summed E-state index contributed by atoms with van der Waals surface area (Å²) in [6.07, 6.45) is 27.0. The van der Waals surface area contributed by atoms with Gasteiger partial charge >= 0.3 is 0 Å². The van der Waals surface area contributed by atoms with Crippen LogP contribution in [0, 0.1) is 5.92 Å². The number of aliphatic imine (C=N–C) groups is 1. The summed E-state index contributed by atoms with van der Waals surface area (Å²) in [5.74, 6) is 1.28. The van der Waals surface area contributed by atoms with Crippen LogP contribution in [0.5, 0.6) is 0 Å². The first-order valence-electron chi connectivity index (χ1n) is 26.8. The van der Waals surface area contributed by atoms with Crippen LogP contribution in [0.1, 0.15) is 81.5 Å². The summed E-state index contributed by atoms with van der Waals surface area (Å²) in [7, 11) is 2.05. The molecule has 0 fully saturated rings. The molecule has 1 N–H and O–H groups in total. The lowest BCUT2D eigenvalue weighted by molar-refractivity contribution is 0.752. The Morgan fingerprint density at radius 3 is 2.45 bits per heavy atom. The van der Waals surface area contributed by atoms with Crippen LogP contribution in [-0.2, 0) is 6.42 Å². The van der Waals surface area contributed by atoms with E-state index >= 15 is 0 Å². The van der Waals surface area contributed by atoms with Gasteiger partial charge in [0.15, 0.2) is 0 Å². The van der Waals surface area contributed by atoms with Gasteiger partial charge in [-0.05, 0) is 149 Å². The minimum atomic E-state index is 0.223. The number of fused-ring (bicyclic) bond motifs is 15. The molecule has 4 nitrogen and oxygen atoms in total. The highest BCUT2D eigenvalue weighted by molar-refractivity contribution is 6.29. The summed E-state index contributed by atoms with van der Waals surface area (Å²) in [6, 6.07) is 50.4. The number of rotatable bonds is 11. The highest BCUT2D eigenvalue weighted by atomic mass is 15.2. The standard InChI is InChI=1S/C70H62N4/c1-6-9-22-45(8-3)53-26-14-13-23-48(53)43-65(72-69-52(21-7-2)44(4)39-61(69)71-5)74-63-32-20-18-30-58(63)68-57-29-16-15-28-56(57)67-60(70(68)74)42-50-34-33-49-40-46(35-37-54(49)66(50)67)47-36-38-64-59(41-47)55-27-17-19-31-62(55)73(64)51-24-11-10-12-25-51/h6-12,14-21,24-37,40-41,45,64,71H,3,13,22-23,38-39,42-43H2,1-2,4-5H3/b9-6-,21-7-,72-65?.